The molecule has 0 aromatic rings. The van der Waals surface area contributed by atoms with E-state index in [0.717, 1.165) is 18.8 Å². The van der Waals surface area contributed by atoms with Crippen molar-refractivity contribution in [2.24, 2.45) is 17.8 Å². The quantitative estimate of drug-likeness (QED) is 0.818. The summed E-state index contributed by atoms with van der Waals surface area (Å²) < 4.78 is 0. The van der Waals surface area contributed by atoms with E-state index in [9.17, 15) is 9.59 Å². The highest BCUT2D eigenvalue weighted by Crippen LogP contribution is 2.37. The molecular formula is C17H30N2O2. The molecule has 1 aliphatic heterocycles. The Balaban J connectivity index is 2.27. The van der Waals surface area contributed by atoms with Crippen LogP contribution in [0.3, 0.4) is 0 Å². The van der Waals surface area contributed by atoms with Crippen LogP contribution < -0.4 is 5.32 Å². The first-order valence-electron chi connectivity index (χ1n) is 8.49. The summed E-state index contributed by atoms with van der Waals surface area (Å²) in [4.78, 5) is 27.4. The maximum absolute atomic E-state index is 12.9. The maximum atomic E-state index is 12.9. The number of rotatable bonds is 6. The van der Waals surface area contributed by atoms with Crippen LogP contribution in [0.5, 0.6) is 0 Å². The molecule has 2 fully saturated rings. The normalized spacial score (nSPS) is 28.2. The number of hydrogen-bond donors (Lipinski definition) is 1. The van der Waals surface area contributed by atoms with Crippen LogP contribution in [0.2, 0.25) is 0 Å². The second kappa shape index (κ2) is 6.37. The van der Waals surface area contributed by atoms with E-state index in [4.69, 9.17) is 0 Å². The highest BCUT2D eigenvalue weighted by atomic mass is 16.2. The maximum Gasteiger partial charge on any atom is 0.246 e. The third kappa shape index (κ3) is 3.41. The average Bonchev–Trinajstić information content (AvgIpc) is 3.21. The van der Waals surface area contributed by atoms with E-state index in [1.54, 1.807) is 0 Å². The van der Waals surface area contributed by atoms with Gasteiger partial charge in [0.25, 0.3) is 0 Å². The van der Waals surface area contributed by atoms with Gasteiger partial charge in [0.05, 0.1) is 0 Å². The molecule has 1 N–H and O–H groups in total. The summed E-state index contributed by atoms with van der Waals surface area (Å²) in [6.07, 6.45) is 4.56. The lowest BCUT2D eigenvalue weighted by Crippen LogP contribution is -2.68. The van der Waals surface area contributed by atoms with Crippen molar-refractivity contribution >= 4 is 11.8 Å². The minimum atomic E-state index is -0.360. The van der Waals surface area contributed by atoms with Crippen LogP contribution in [0, 0.1) is 17.8 Å². The Hall–Kier alpha value is -1.06. The smallest absolute Gasteiger partial charge is 0.246 e. The van der Waals surface area contributed by atoms with Crippen LogP contribution in [-0.2, 0) is 9.59 Å². The largest absolute Gasteiger partial charge is 0.342 e. The number of piperazine rings is 1. The van der Waals surface area contributed by atoms with E-state index in [2.05, 4.69) is 12.2 Å². The predicted molar refractivity (Wildman–Crippen MR) is 83.7 cm³/mol. The van der Waals surface area contributed by atoms with Crippen molar-refractivity contribution in [2.45, 2.75) is 78.4 Å². The van der Waals surface area contributed by atoms with Gasteiger partial charge in [-0.3, -0.25) is 9.59 Å². The fraction of sp³-hybridized carbons (Fsp3) is 0.882. The van der Waals surface area contributed by atoms with E-state index in [0.29, 0.717) is 0 Å². The number of nitrogens with zero attached hydrogens (tertiary/aromatic N) is 1. The monoisotopic (exact) mass is 294 g/mol. The summed E-state index contributed by atoms with van der Waals surface area (Å²) in [5, 5.41) is 2.94. The third-order valence-electron chi connectivity index (χ3n) is 4.85. The minimum absolute atomic E-state index is 0.0255. The second-order valence-electron chi connectivity index (χ2n) is 7.41. The van der Waals surface area contributed by atoms with Gasteiger partial charge in [-0.2, -0.15) is 0 Å². The number of hydrogen-bond acceptors (Lipinski definition) is 2. The van der Waals surface area contributed by atoms with Crippen LogP contribution in [0.4, 0.5) is 0 Å². The van der Waals surface area contributed by atoms with Crippen molar-refractivity contribution in [3.8, 4) is 0 Å². The van der Waals surface area contributed by atoms with Gasteiger partial charge in [0.2, 0.25) is 11.8 Å². The molecule has 0 aromatic heterocycles. The van der Waals surface area contributed by atoms with Crippen LogP contribution in [0.15, 0.2) is 0 Å². The Morgan fingerprint density at radius 3 is 2.19 bits per heavy atom. The van der Waals surface area contributed by atoms with Gasteiger partial charge in [-0.05, 0) is 30.6 Å². The molecule has 1 heterocycles. The summed E-state index contributed by atoms with van der Waals surface area (Å²) in [5.41, 5.74) is 0. The Morgan fingerprint density at radius 1 is 1.14 bits per heavy atom. The number of amides is 2. The van der Waals surface area contributed by atoms with Gasteiger partial charge in [0.15, 0.2) is 0 Å². The van der Waals surface area contributed by atoms with Crippen LogP contribution in [0.25, 0.3) is 0 Å². The summed E-state index contributed by atoms with van der Waals surface area (Å²) in [6, 6.07) is -0.457. The molecule has 120 valence electrons. The van der Waals surface area contributed by atoms with Crippen LogP contribution in [-0.4, -0.2) is 34.8 Å². The first-order chi connectivity index (χ1) is 9.86. The van der Waals surface area contributed by atoms with E-state index < -0.39 is 0 Å². The standard InChI is InChI=1S/C17H30N2O2/c1-6-13(9-12-7-8-12)19-15(11(4)5)16(20)18-14(10(2)3)17(19)21/h10-15H,6-9H2,1-5H3,(H,18,20). The molecule has 21 heavy (non-hydrogen) atoms. The number of carbonyl (C=O) groups excluding carboxylic acids is 2. The van der Waals surface area contributed by atoms with Gasteiger partial charge in [-0.1, -0.05) is 47.5 Å². The Labute approximate surface area is 128 Å². The second-order valence-corrected chi connectivity index (χ2v) is 7.41. The van der Waals surface area contributed by atoms with Crippen molar-refractivity contribution in [2.75, 3.05) is 0 Å². The Morgan fingerprint density at radius 2 is 1.76 bits per heavy atom. The predicted octanol–water partition coefficient (Wildman–Crippen LogP) is 2.57. The average molecular weight is 294 g/mol. The lowest BCUT2D eigenvalue weighted by molar-refractivity contribution is -0.156. The molecule has 4 nitrogen and oxygen atoms in total. The van der Waals surface area contributed by atoms with Crippen molar-refractivity contribution in [1.29, 1.82) is 0 Å². The fourth-order valence-corrected chi connectivity index (χ4v) is 3.42. The van der Waals surface area contributed by atoms with Gasteiger partial charge in [-0.25, -0.2) is 0 Å². The highest BCUT2D eigenvalue weighted by Gasteiger charge is 2.46. The number of nitrogens with one attached hydrogen (secondary N) is 1. The molecule has 0 bridgehead atoms. The van der Waals surface area contributed by atoms with E-state index in [1.165, 1.54) is 12.8 Å². The zero-order valence-electron chi connectivity index (χ0n) is 14.1. The molecule has 4 heteroatoms. The van der Waals surface area contributed by atoms with Crippen molar-refractivity contribution in [3.63, 3.8) is 0 Å². The molecule has 3 unspecified atom stereocenters. The van der Waals surface area contributed by atoms with Crippen molar-refractivity contribution in [1.82, 2.24) is 10.2 Å². The van der Waals surface area contributed by atoms with E-state index in [-0.39, 0.29) is 41.8 Å². The van der Waals surface area contributed by atoms with Crippen molar-refractivity contribution < 1.29 is 9.59 Å². The molecule has 1 aliphatic carbocycles. The van der Waals surface area contributed by atoms with Gasteiger partial charge in [0.1, 0.15) is 12.1 Å². The van der Waals surface area contributed by atoms with Gasteiger partial charge in [-0.15, -0.1) is 0 Å². The first kappa shape index (κ1) is 16.3. The molecule has 3 atom stereocenters. The van der Waals surface area contributed by atoms with Gasteiger partial charge in [0, 0.05) is 6.04 Å². The molecule has 0 spiro atoms. The summed E-state index contributed by atoms with van der Waals surface area (Å²) in [5.74, 6) is 1.19. The van der Waals surface area contributed by atoms with Crippen LogP contribution >= 0.6 is 0 Å². The number of carbonyl (C=O) groups is 2. The third-order valence-corrected chi connectivity index (χ3v) is 4.85. The molecule has 1 saturated carbocycles. The lowest BCUT2D eigenvalue weighted by atomic mass is 9.89. The Bertz CT molecular complexity index is 402. The summed E-state index contributed by atoms with van der Waals surface area (Å²) in [7, 11) is 0. The van der Waals surface area contributed by atoms with Crippen molar-refractivity contribution in [3.05, 3.63) is 0 Å². The zero-order chi connectivity index (χ0) is 15.7. The summed E-state index contributed by atoms with van der Waals surface area (Å²) >= 11 is 0. The highest BCUT2D eigenvalue weighted by molar-refractivity contribution is 5.97. The molecular weight excluding hydrogens is 264 g/mol. The molecule has 0 radical (unpaired) electrons. The van der Waals surface area contributed by atoms with E-state index in [1.807, 2.05) is 32.6 Å². The SMILES string of the molecule is CCC(CC1CC1)N1C(=O)C(C(C)C)NC(=O)C1C(C)C. The van der Waals surface area contributed by atoms with E-state index >= 15 is 0 Å². The topological polar surface area (TPSA) is 49.4 Å². The molecule has 2 aliphatic rings. The molecule has 2 rings (SSSR count). The molecule has 1 saturated heterocycles. The van der Waals surface area contributed by atoms with Gasteiger partial charge >= 0.3 is 0 Å². The first-order valence-corrected chi connectivity index (χ1v) is 8.49. The molecule has 0 aromatic carbocycles. The Kier molecular flexibility index (Phi) is 4.95. The zero-order valence-corrected chi connectivity index (χ0v) is 14.1. The van der Waals surface area contributed by atoms with Crippen LogP contribution in [0.1, 0.15) is 60.3 Å². The van der Waals surface area contributed by atoms with Gasteiger partial charge < -0.3 is 10.2 Å². The minimum Gasteiger partial charge on any atom is -0.342 e. The fourth-order valence-electron chi connectivity index (χ4n) is 3.42. The molecule has 2 amide bonds. The summed E-state index contributed by atoms with van der Waals surface area (Å²) in [6.45, 7) is 10.2. The lowest BCUT2D eigenvalue weighted by Gasteiger charge is -2.46.